The number of hydrogen-bond donors (Lipinski definition) is 1. The molecule has 0 saturated heterocycles. The van der Waals surface area contributed by atoms with Crippen molar-refractivity contribution < 1.29 is 0 Å². The van der Waals surface area contributed by atoms with E-state index in [0.29, 0.717) is 6.04 Å². The monoisotopic (exact) mass is 309 g/mol. The van der Waals surface area contributed by atoms with Gasteiger partial charge in [0.05, 0.1) is 0 Å². The molecule has 0 fully saturated rings. The van der Waals surface area contributed by atoms with Crippen molar-refractivity contribution in [2.75, 3.05) is 24.0 Å². The van der Waals surface area contributed by atoms with Crippen LogP contribution in [0.3, 0.4) is 0 Å². The van der Waals surface area contributed by atoms with E-state index in [1.807, 2.05) is 11.8 Å². The second-order valence-electron chi connectivity index (χ2n) is 6.76. The SMILES string of the molecule is CSCCC(C)N(C)c1ccc(CNC(C)(C)C)c(C)n1. The third-order valence-corrected chi connectivity index (χ3v) is 4.40. The van der Waals surface area contributed by atoms with Crippen LogP contribution in [0.5, 0.6) is 0 Å². The van der Waals surface area contributed by atoms with Crippen molar-refractivity contribution >= 4 is 17.6 Å². The lowest BCUT2D eigenvalue weighted by atomic mass is 10.1. The number of rotatable bonds is 7. The summed E-state index contributed by atoms with van der Waals surface area (Å²) in [6.07, 6.45) is 3.35. The summed E-state index contributed by atoms with van der Waals surface area (Å²) in [6.45, 7) is 11.8. The van der Waals surface area contributed by atoms with E-state index in [2.05, 4.69) is 70.3 Å². The smallest absolute Gasteiger partial charge is 0.128 e. The number of hydrogen-bond acceptors (Lipinski definition) is 4. The number of nitrogens with zero attached hydrogens (tertiary/aromatic N) is 2. The van der Waals surface area contributed by atoms with Gasteiger partial charge >= 0.3 is 0 Å². The van der Waals surface area contributed by atoms with Gasteiger partial charge in [-0.25, -0.2) is 4.98 Å². The maximum absolute atomic E-state index is 4.78. The van der Waals surface area contributed by atoms with Crippen molar-refractivity contribution in [1.29, 1.82) is 0 Å². The van der Waals surface area contributed by atoms with Crippen LogP contribution in [0.2, 0.25) is 0 Å². The van der Waals surface area contributed by atoms with Crippen molar-refractivity contribution in [2.24, 2.45) is 0 Å². The van der Waals surface area contributed by atoms with Crippen molar-refractivity contribution in [3.63, 3.8) is 0 Å². The number of aryl methyl sites for hydroxylation is 1. The number of nitrogens with one attached hydrogen (secondary N) is 1. The Balaban J connectivity index is 2.72. The Labute approximate surface area is 134 Å². The van der Waals surface area contributed by atoms with E-state index < -0.39 is 0 Å². The van der Waals surface area contributed by atoms with Crippen molar-refractivity contribution in [2.45, 2.75) is 59.2 Å². The number of aromatic nitrogens is 1. The van der Waals surface area contributed by atoms with E-state index in [0.717, 1.165) is 18.1 Å². The van der Waals surface area contributed by atoms with Gasteiger partial charge in [-0.05, 0) is 64.7 Å². The molecular formula is C17H31N3S. The quantitative estimate of drug-likeness (QED) is 0.828. The maximum atomic E-state index is 4.78. The molecule has 1 atom stereocenters. The van der Waals surface area contributed by atoms with Crippen molar-refractivity contribution in [3.8, 4) is 0 Å². The average Bonchev–Trinajstić information content (AvgIpc) is 2.41. The molecule has 0 radical (unpaired) electrons. The molecule has 1 aromatic heterocycles. The molecule has 0 aliphatic carbocycles. The van der Waals surface area contributed by atoms with Crippen LogP contribution in [-0.4, -0.2) is 35.6 Å². The Morgan fingerprint density at radius 1 is 1.33 bits per heavy atom. The number of thioether (sulfide) groups is 1. The third kappa shape index (κ3) is 6.27. The van der Waals surface area contributed by atoms with E-state index in [-0.39, 0.29) is 5.54 Å². The van der Waals surface area contributed by atoms with Gasteiger partial charge in [-0.2, -0.15) is 11.8 Å². The first kappa shape index (κ1) is 18.3. The van der Waals surface area contributed by atoms with Gasteiger partial charge in [-0.3, -0.25) is 0 Å². The predicted octanol–water partition coefficient (Wildman–Crippen LogP) is 3.86. The summed E-state index contributed by atoms with van der Waals surface area (Å²) in [6, 6.07) is 4.86. The van der Waals surface area contributed by atoms with Gasteiger partial charge in [0, 0.05) is 30.9 Å². The standard InChI is InChI=1S/C17H31N3S/c1-13(10-11-21-7)20(6)16-9-8-15(14(2)19-16)12-18-17(3,4)5/h8-9,13,18H,10-12H2,1-7H3. The molecule has 0 aliphatic heterocycles. The molecule has 0 saturated carbocycles. The summed E-state index contributed by atoms with van der Waals surface area (Å²) >= 11 is 1.90. The van der Waals surface area contributed by atoms with Gasteiger partial charge < -0.3 is 10.2 Å². The van der Waals surface area contributed by atoms with E-state index >= 15 is 0 Å². The fourth-order valence-electron chi connectivity index (χ4n) is 2.03. The molecule has 1 heterocycles. The topological polar surface area (TPSA) is 28.2 Å². The van der Waals surface area contributed by atoms with Crippen LogP contribution in [0.15, 0.2) is 12.1 Å². The minimum Gasteiger partial charge on any atom is -0.357 e. The second-order valence-corrected chi connectivity index (χ2v) is 7.74. The van der Waals surface area contributed by atoms with Crippen LogP contribution >= 0.6 is 11.8 Å². The molecule has 3 nitrogen and oxygen atoms in total. The Morgan fingerprint density at radius 3 is 2.52 bits per heavy atom. The molecule has 1 rings (SSSR count). The molecule has 0 bridgehead atoms. The fraction of sp³-hybridized carbons (Fsp3) is 0.706. The predicted molar refractivity (Wildman–Crippen MR) is 96.4 cm³/mol. The summed E-state index contributed by atoms with van der Waals surface area (Å²) < 4.78 is 0. The molecule has 1 N–H and O–H groups in total. The highest BCUT2D eigenvalue weighted by Crippen LogP contribution is 2.18. The Morgan fingerprint density at radius 2 is 2.00 bits per heavy atom. The van der Waals surface area contributed by atoms with Gasteiger partial charge in [-0.1, -0.05) is 6.07 Å². The Bertz CT molecular complexity index is 440. The maximum Gasteiger partial charge on any atom is 0.128 e. The minimum absolute atomic E-state index is 0.133. The highest BCUT2D eigenvalue weighted by atomic mass is 32.2. The summed E-state index contributed by atoms with van der Waals surface area (Å²) in [4.78, 5) is 7.06. The molecule has 1 aromatic rings. The lowest BCUT2D eigenvalue weighted by Crippen LogP contribution is -2.35. The molecule has 0 aliphatic rings. The zero-order valence-corrected chi connectivity index (χ0v) is 15.5. The summed E-state index contributed by atoms with van der Waals surface area (Å²) in [5, 5.41) is 3.52. The number of pyridine rings is 1. The zero-order chi connectivity index (χ0) is 16.0. The highest BCUT2D eigenvalue weighted by Gasteiger charge is 2.13. The molecule has 0 spiro atoms. The van der Waals surface area contributed by atoms with Gasteiger partial charge in [0.1, 0.15) is 5.82 Å². The fourth-order valence-corrected chi connectivity index (χ4v) is 2.60. The van der Waals surface area contributed by atoms with Crippen LogP contribution in [0, 0.1) is 6.92 Å². The van der Waals surface area contributed by atoms with E-state index in [4.69, 9.17) is 4.98 Å². The van der Waals surface area contributed by atoms with E-state index in [1.165, 1.54) is 17.7 Å². The molecular weight excluding hydrogens is 278 g/mol. The van der Waals surface area contributed by atoms with Gasteiger partial charge in [0.15, 0.2) is 0 Å². The third-order valence-electron chi connectivity index (χ3n) is 3.75. The molecule has 1 unspecified atom stereocenters. The van der Waals surface area contributed by atoms with Crippen LogP contribution in [0.25, 0.3) is 0 Å². The van der Waals surface area contributed by atoms with Gasteiger partial charge in [-0.15, -0.1) is 0 Å². The lowest BCUT2D eigenvalue weighted by Gasteiger charge is -2.27. The van der Waals surface area contributed by atoms with Gasteiger partial charge in [0.25, 0.3) is 0 Å². The Kier molecular flexibility index (Phi) is 7.01. The normalized spacial score (nSPS) is 13.3. The van der Waals surface area contributed by atoms with Crippen LogP contribution in [0.1, 0.15) is 45.4 Å². The van der Waals surface area contributed by atoms with Gasteiger partial charge in [0.2, 0.25) is 0 Å². The molecule has 120 valence electrons. The minimum atomic E-state index is 0.133. The van der Waals surface area contributed by atoms with Crippen molar-refractivity contribution in [3.05, 3.63) is 23.4 Å². The first-order valence-corrected chi connectivity index (χ1v) is 9.07. The molecule has 21 heavy (non-hydrogen) atoms. The second kappa shape index (κ2) is 8.04. The molecule has 4 heteroatoms. The summed E-state index contributed by atoms with van der Waals surface area (Å²) in [5.41, 5.74) is 2.53. The highest BCUT2D eigenvalue weighted by molar-refractivity contribution is 7.98. The van der Waals surface area contributed by atoms with Crippen molar-refractivity contribution in [1.82, 2.24) is 10.3 Å². The summed E-state index contributed by atoms with van der Waals surface area (Å²) in [5.74, 6) is 2.26. The average molecular weight is 310 g/mol. The zero-order valence-electron chi connectivity index (χ0n) is 14.7. The Hall–Kier alpha value is -0.740. The number of anilines is 1. The molecule has 0 amide bonds. The van der Waals surface area contributed by atoms with Crippen LogP contribution < -0.4 is 10.2 Å². The van der Waals surface area contributed by atoms with E-state index in [9.17, 15) is 0 Å². The largest absolute Gasteiger partial charge is 0.357 e. The first-order valence-electron chi connectivity index (χ1n) is 7.68. The summed E-state index contributed by atoms with van der Waals surface area (Å²) in [7, 11) is 2.14. The van der Waals surface area contributed by atoms with Crippen LogP contribution in [0.4, 0.5) is 5.82 Å². The van der Waals surface area contributed by atoms with E-state index in [1.54, 1.807) is 0 Å². The first-order chi connectivity index (χ1) is 9.74. The van der Waals surface area contributed by atoms with Crippen LogP contribution in [-0.2, 0) is 6.54 Å². The lowest BCUT2D eigenvalue weighted by molar-refractivity contribution is 0.423. The molecule has 0 aromatic carbocycles.